The predicted octanol–water partition coefficient (Wildman–Crippen LogP) is 2.14. The van der Waals surface area contributed by atoms with Crippen LogP contribution in [-0.2, 0) is 9.53 Å². The van der Waals surface area contributed by atoms with Crippen molar-refractivity contribution < 1.29 is 14.5 Å². The molecule has 1 fully saturated rings. The Labute approximate surface area is 110 Å². The molecule has 102 valence electrons. The fourth-order valence-corrected chi connectivity index (χ4v) is 2.27. The summed E-state index contributed by atoms with van der Waals surface area (Å²) >= 11 is 0. The Kier molecular flexibility index (Phi) is 4.11. The Balaban J connectivity index is 2.04. The lowest BCUT2D eigenvalue weighted by molar-refractivity contribution is -0.384. The molecule has 19 heavy (non-hydrogen) atoms. The van der Waals surface area contributed by atoms with Gasteiger partial charge in [0.1, 0.15) is 6.10 Å². The molecular formula is C13H16N2O4. The smallest absolute Gasteiger partial charge is 0.269 e. The summed E-state index contributed by atoms with van der Waals surface area (Å²) in [6.07, 6.45) is 2.10. The lowest BCUT2D eigenvalue weighted by Gasteiger charge is -2.28. The number of hydrogen-bond donors (Lipinski definition) is 1. The van der Waals surface area contributed by atoms with Crippen molar-refractivity contribution in [3.63, 3.8) is 0 Å². The highest BCUT2D eigenvalue weighted by Crippen LogP contribution is 2.22. The van der Waals surface area contributed by atoms with Gasteiger partial charge in [0, 0.05) is 24.9 Å². The molecular weight excluding hydrogens is 248 g/mol. The molecule has 1 saturated carbocycles. The number of rotatable bonds is 4. The number of nitro benzene ring substituents is 1. The van der Waals surface area contributed by atoms with Crippen LogP contribution in [0.4, 0.5) is 11.4 Å². The van der Waals surface area contributed by atoms with Gasteiger partial charge in [-0.3, -0.25) is 14.9 Å². The average molecular weight is 264 g/mol. The van der Waals surface area contributed by atoms with Crippen LogP contribution in [0.15, 0.2) is 24.3 Å². The Morgan fingerprint density at radius 1 is 1.32 bits per heavy atom. The number of nitro groups is 1. The van der Waals surface area contributed by atoms with Gasteiger partial charge >= 0.3 is 0 Å². The normalized spacial score (nSPS) is 23.1. The molecule has 0 heterocycles. The zero-order valence-corrected chi connectivity index (χ0v) is 10.7. The highest BCUT2D eigenvalue weighted by atomic mass is 16.6. The number of carbonyl (C=O) groups excluding carboxylic acids is 1. The second kappa shape index (κ2) is 5.79. The maximum absolute atomic E-state index is 12.0. The van der Waals surface area contributed by atoms with Gasteiger partial charge in [0.25, 0.3) is 5.69 Å². The number of non-ortho nitro benzene ring substituents is 1. The first-order chi connectivity index (χ1) is 9.11. The maximum atomic E-state index is 12.0. The van der Waals surface area contributed by atoms with Crippen LogP contribution in [0.5, 0.6) is 0 Å². The van der Waals surface area contributed by atoms with Crippen LogP contribution in [0.2, 0.25) is 0 Å². The molecule has 6 heteroatoms. The lowest BCUT2D eigenvalue weighted by atomic mass is 9.91. The van der Waals surface area contributed by atoms with Gasteiger partial charge in [0.15, 0.2) is 5.78 Å². The molecule has 0 unspecified atom stereocenters. The van der Waals surface area contributed by atoms with Gasteiger partial charge in [-0.15, -0.1) is 0 Å². The van der Waals surface area contributed by atoms with Gasteiger partial charge in [0.2, 0.25) is 0 Å². The highest BCUT2D eigenvalue weighted by molar-refractivity contribution is 5.91. The van der Waals surface area contributed by atoms with Crippen molar-refractivity contribution in [3.05, 3.63) is 34.4 Å². The van der Waals surface area contributed by atoms with E-state index < -0.39 is 4.92 Å². The Morgan fingerprint density at radius 3 is 2.58 bits per heavy atom. The van der Waals surface area contributed by atoms with Crippen molar-refractivity contribution in [2.75, 3.05) is 12.4 Å². The van der Waals surface area contributed by atoms with Crippen molar-refractivity contribution in [2.45, 2.75) is 31.4 Å². The molecule has 0 spiro atoms. The van der Waals surface area contributed by atoms with Crippen molar-refractivity contribution >= 4 is 17.2 Å². The number of anilines is 1. The van der Waals surface area contributed by atoms with Crippen LogP contribution in [0, 0.1) is 10.1 Å². The van der Waals surface area contributed by atoms with E-state index in [-0.39, 0.29) is 23.6 Å². The van der Waals surface area contributed by atoms with E-state index in [1.54, 1.807) is 12.1 Å². The maximum Gasteiger partial charge on any atom is 0.269 e. The van der Waals surface area contributed by atoms with Crippen molar-refractivity contribution in [1.29, 1.82) is 0 Å². The standard InChI is InChI=1S/C13H16N2O4/c1-19-12-4-2-3-11(13(12)16)14-9-5-7-10(8-6-9)15(17)18/h5-8,11-12,14H,2-4H2,1H3/t11-,12-/m1/s1. The average Bonchev–Trinajstić information content (AvgIpc) is 2.42. The zero-order valence-electron chi connectivity index (χ0n) is 10.7. The summed E-state index contributed by atoms with van der Waals surface area (Å²) in [4.78, 5) is 22.1. The van der Waals surface area contributed by atoms with Gasteiger partial charge < -0.3 is 10.1 Å². The summed E-state index contributed by atoms with van der Waals surface area (Å²) < 4.78 is 5.14. The van der Waals surface area contributed by atoms with Crippen molar-refractivity contribution in [3.8, 4) is 0 Å². The van der Waals surface area contributed by atoms with Crippen molar-refractivity contribution in [1.82, 2.24) is 0 Å². The third kappa shape index (κ3) is 3.08. The molecule has 0 bridgehead atoms. The molecule has 1 aliphatic rings. The lowest BCUT2D eigenvalue weighted by Crippen LogP contribution is -2.42. The molecule has 6 nitrogen and oxygen atoms in total. The Bertz CT molecular complexity index is 472. The minimum atomic E-state index is -0.448. The first-order valence-electron chi connectivity index (χ1n) is 6.19. The number of nitrogens with one attached hydrogen (secondary N) is 1. The number of methoxy groups -OCH3 is 1. The molecule has 0 aliphatic heterocycles. The van der Waals surface area contributed by atoms with E-state index in [0.717, 1.165) is 19.3 Å². The van der Waals surface area contributed by atoms with Crippen LogP contribution in [0.3, 0.4) is 0 Å². The van der Waals surface area contributed by atoms with Gasteiger partial charge in [-0.1, -0.05) is 0 Å². The molecule has 1 aliphatic carbocycles. The van der Waals surface area contributed by atoms with E-state index >= 15 is 0 Å². The molecule has 0 radical (unpaired) electrons. The van der Waals surface area contributed by atoms with Crippen LogP contribution in [0.1, 0.15) is 19.3 Å². The molecule has 1 aromatic carbocycles. The topological polar surface area (TPSA) is 81.5 Å². The van der Waals surface area contributed by atoms with Gasteiger partial charge in [-0.2, -0.15) is 0 Å². The summed E-state index contributed by atoms with van der Waals surface area (Å²) in [5.74, 6) is 0.0482. The largest absolute Gasteiger partial charge is 0.375 e. The van der Waals surface area contributed by atoms with E-state index in [4.69, 9.17) is 4.74 Å². The number of benzene rings is 1. The molecule has 0 saturated heterocycles. The zero-order chi connectivity index (χ0) is 13.8. The molecule has 0 amide bonds. The summed E-state index contributed by atoms with van der Waals surface area (Å²) in [6, 6.07) is 5.79. The number of carbonyl (C=O) groups is 1. The van der Waals surface area contributed by atoms with Crippen LogP contribution >= 0.6 is 0 Å². The predicted molar refractivity (Wildman–Crippen MR) is 70.2 cm³/mol. The quantitative estimate of drug-likeness (QED) is 0.665. The fourth-order valence-electron chi connectivity index (χ4n) is 2.27. The van der Waals surface area contributed by atoms with E-state index in [9.17, 15) is 14.9 Å². The van der Waals surface area contributed by atoms with Gasteiger partial charge in [-0.05, 0) is 31.4 Å². The molecule has 0 aromatic heterocycles. The van der Waals surface area contributed by atoms with Crippen molar-refractivity contribution in [2.24, 2.45) is 0 Å². The summed E-state index contributed by atoms with van der Waals surface area (Å²) in [6.45, 7) is 0. The van der Waals surface area contributed by atoms with E-state index in [2.05, 4.69) is 5.32 Å². The van der Waals surface area contributed by atoms with E-state index in [1.165, 1.54) is 19.2 Å². The minimum Gasteiger partial charge on any atom is -0.375 e. The Hall–Kier alpha value is -1.95. The highest BCUT2D eigenvalue weighted by Gasteiger charge is 2.30. The number of ketones is 1. The molecule has 2 rings (SSSR count). The second-order valence-corrected chi connectivity index (χ2v) is 4.56. The summed E-state index contributed by atoms with van der Waals surface area (Å²) in [5.41, 5.74) is 0.746. The van der Waals surface area contributed by atoms with E-state index in [1.807, 2.05) is 0 Å². The minimum absolute atomic E-state index is 0.0373. The SMILES string of the molecule is CO[C@@H]1CCC[C@@H](Nc2ccc([N+](=O)[O-])cc2)C1=O. The molecule has 1 N–H and O–H groups in total. The van der Waals surface area contributed by atoms with Gasteiger partial charge in [0.05, 0.1) is 11.0 Å². The monoisotopic (exact) mass is 264 g/mol. The second-order valence-electron chi connectivity index (χ2n) is 4.56. The van der Waals surface area contributed by atoms with Crippen LogP contribution in [-0.4, -0.2) is 30.0 Å². The number of ether oxygens (including phenoxy) is 1. The Morgan fingerprint density at radius 2 is 2.00 bits per heavy atom. The summed E-state index contributed by atoms with van der Waals surface area (Å²) in [7, 11) is 1.54. The first kappa shape index (κ1) is 13.5. The number of Topliss-reactive ketones (excluding diaryl/α,β-unsaturated/α-hetero) is 1. The van der Waals surface area contributed by atoms with Crippen LogP contribution in [0.25, 0.3) is 0 Å². The van der Waals surface area contributed by atoms with E-state index in [0.29, 0.717) is 5.69 Å². The fraction of sp³-hybridized carbons (Fsp3) is 0.462. The first-order valence-corrected chi connectivity index (χ1v) is 6.19. The van der Waals surface area contributed by atoms with Gasteiger partial charge in [-0.25, -0.2) is 0 Å². The molecule has 2 atom stereocenters. The molecule has 1 aromatic rings. The number of nitrogens with zero attached hydrogens (tertiary/aromatic N) is 1. The number of hydrogen-bond acceptors (Lipinski definition) is 5. The summed E-state index contributed by atoms with van der Waals surface area (Å²) in [5, 5.41) is 13.7. The van der Waals surface area contributed by atoms with Crippen LogP contribution < -0.4 is 5.32 Å². The third-order valence-corrected chi connectivity index (χ3v) is 3.32. The third-order valence-electron chi connectivity index (χ3n) is 3.32.